The number of ether oxygens (including phenoxy) is 2. The van der Waals surface area contributed by atoms with Gasteiger partial charge in [-0.1, -0.05) is 6.07 Å². The lowest BCUT2D eigenvalue weighted by atomic mass is 10.0. The SMILES string of the molecule is COc1ccc(C(N)Cc2cnn(C)c2)cc1OC. The molecule has 0 saturated carbocycles. The van der Waals surface area contributed by atoms with E-state index in [4.69, 9.17) is 15.2 Å². The van der Waals surface area contributed by atoms with E-state index in [-0.39, 0.29) is 6.04 Å². The second-order valence-electron chi connectivity index (χ2n) is 4.45. The Kier molecular flexibility index (Phi) is 4.06. The third-order valence-electron chi connectivity index (χ3n) is 3.05. The van der Waals surface area contributed by atoms with Crippen molar-refractivity contribution in [1.29, 1.82) is 0 Å². The first kappa shape index (κ1) is 13.4. The molecule has 0 saturated heterocycles. The Morgan fingerprint density at radius 1 is 1.26 bits per heavy atom. The molecule has 1 unspecified atom stereocenters. The number of aromatic nitrogens is 2. The topological polar surface area (TPSA) is 62.3 Å². The van der Waals surface area contributed by atoms with Crippen LogP contribution in [0.1, 0.15) is 17.2 Å². The fourth-order valence-electron chi connectivity index (χ4n) is 2.03. The largest absolute Gasteiger partial charge is 0.493 e. The molecule has 2 rings (SSSR count). The molecule has 2 aromatic rings. The van der Waals surface area contributed by atoms with Gasteiger partial charge in [-0.3, -0.25) is 4.68 Å². The van der Waals surface area contributed by atoms with Crippen molar-refractivity contribution in [3.63, 3.8) is 0 Å². The predicted molar refractivity (Wildman–Crippen MR) is 73.4 cm³/mol. The zero-order valence-electron chi connectivity index (χ0n) is 11.5. The number of methoxy groups -OCH3 is 2. The van der Waals surface area contributed by atoms with E-state index in [0.717, 1.165) is 17.5 Å². The van der Waals surface area contributed by atoms with E-state index in [2.05, 4.69) is 5.10 Å². The van der Waals surface area contributed by atoms with Gasteiger partial charge in [0.1, 0.15) is 0 Å². The van der Waals surface area contributed by atoms with Gasteiger partial charge in [0.2, 0.25) is 0 Å². The van der Waals surface area contributed by atoms with Crippen LogP contribution in [0.3, 0.4) is 0 Å². The number of rotatable bonds is 5. The number of benzene rings is 1. The lowest BCUT2D eigenvalue weighted by molar-refractivity contribution is 0.354. The first-order chi connectivity index (χ1) is 9.13. The minimum absolute atomic E-state index is 0.0935. The van der Waals surface area contributed by atoms with E-state index in [9.17, 15) is 0 Å². The highest BCUT2D eigenvalue weighted by Gasteiger charge is 2.12. The molecule has 0 radical (unpaired) electrons. The van der Waals surface area contributed by atoms with Gasteiger partial charge in [-0.05, 0) is 29.7 Å². The van der Waals surface area contributed by atoms with Gasteiger partial charge in [-0.15, -0.1) is 0 Å². The molecule has 5 nitrogen and oxygen atoms in total. The van der Waals surface area contributed by atoms with Gasteiger partial charge in [0, 0.05) is 19.3 Å². The molecule has 0 aliphatic rings. The van der Waals surface area contributed by atoms with Gasteiger partial charge >= 0.3 is 0 Å². The Bertz CT molecular complexity index is 551. The zero-order valence-corrected chi connectivity index (χ0v) is 11.5. The van der Waals surface area contributed by atoms with Gasteiger partial charge < -0.3 is 15.2 Å². The number of aryl methyl sites for hydroxylation is 1. The summed E-state index contributed by atoms with van der Waals surface area (Å²) in [6, 6.07) is 5.66. The Morgan fingerprint density at radius 2 is 2.00 bits per heavy atom. The quantitative estimate of drug-likeness (QED) is 0.889. The highest BCUT2D eigenvalue weighted by atomic mass is 16.5. The zero-order chi connectivity index (χ0) is 13.8. The minimum Gasteiger partial charge on any atom is -0.493 e. The summed E-state index contributed by atoms with van der Waals surface area (Å²) in [6.45, 7) is 0. The molecule has 5 heteroatoms. The molecule has 2 N–H and O–H groups in total. The maximum atomic E-state index is 6.22. The minimum atomic E-state index is -0.0935. The molecule has 102 valence electrons. The smallest absolute Gasteiger partial charge is 0.161 e. The first-order valence-electron chi connectivity index (χ1n) is 6.09. The lowest BCUT2D eigenvalue weighted by Crippen LogP contribution is -2.13. The van der Waals surface area contributed by atoms with E-state index in [1.165, 1.54) is 0 Å². The van der Waals surface area contributed by atoms with Crippen LogP contribution in [-0.2, 0) is 13.5 Å². The first-order valence-corrected chi connectivity index (χ1v) is 6.09. The summed E-state index contributed by atoms with van der Waals surface area (Å²) in [7, 11) is 5.13. The Morgan fingerprint density at radius 3 is 2.58 bits per heavy atom. The number of hydrogen-bond donors (Lipinski definition) is 1. The van der Waals surface area contributed by atoms with Gasteiger partial charge in [0.15, 0.2) is 11.5 Å². The summed E-state index contributed by atoms with van der Waals surface area (Å²) in [5.41, 5.74) is 8.35. The molecule has 1 atom stereocenters. The average molecular weight is 261 g/mol. The van der Waals surface area contributed by atoms with Crippen molar-refractivity contribution < 1.29 is 9.47 Å². The van der Waals surface area contributed by atoms with Crippen LogP contribution in [0.5, 0.6) is 11.5 Å². The van der Waals surface area contributed by atoms with Crippen molar-refractivity contribution in [1.82, 2.24) is 9.78 Å². The molecular formula is C14H19N3O2. The highest BCUT2D eigenvalue weighted by molar-refractivity contribution is 5.44. The van der Waals surface area contributed by atoms with Crippen LogP contribution in [0.15, 0.2) is 30.6 Å². The molecule has 0 aliphatic carbocycles. The maximum Gasteiger partial charge on any atom is 0.161 e. The van der Waals surface area contributed by atoms with E-state index in [0.29, 0.717) is 11.5 Å². The summed E-state index contributed by atoms with van der Waals surface area (Å²) >= 11 is 0. The summed E-state index contributed by atoms with van der Waals surface area (Å²) < 4.78 is 12.3. The van der Waals surface area contributed by atoms with E-state index in [1.807, 2.05) is 37.6 Å². The monoisotopic (exact) mass is 261 g/mol. The maximum absolute atomic E-state index is 6.22. The summed E-state index contributed by atoms with van der Waals surface area (Å²) in [5.74, 6) is 1.40. The summed E-state index contributed by atoms with van der Waals surface area (Å²) in [6.07, 6.45) is 4.55. The van der Waals surface area contributed by atoms with Crippen LogP contribution in [-0.4, -0.2) is 24.0 Å². The molecule has 1 heterocycles. The van der Waals surface area contributed by atoms with Crippen LogP contribution in [0.25, 0.3) is 0 Å². The van der Waals surface area contributed by atoms with Gasteiger partial charge in [-0.25, -0.2) is 0 Å². The van der Waals surface area contributed by atoms with Crippen molar-refractivity contribution in [2.24, 2.45) is 12.8 Å². The predicted octanol–water partition coefficient (Wildman–Crippen LogP) is 1.68. The third kappa shape index (κ3) is 3.06. The van der Waals surface area contributed by atoms with Crippen molar-refractivity contribution in [3.8, 4) is 11.5 Å². The second kappa shape index (κ2) is 5.75. The summed E-state index contributed by atoms with van der Waals surface area (Å²) in [5, 5.41) is 4.14. The average Bonchev–Trinajstić information content (AvgIpc) is 2.83. The van der Waals surface area contributed by atoms with Crippen molar-refractivity contribution in [3.05, 3.63) is 41.7 Å². The highest BCUT2D eigenvalue weighted by Crippen LogP contribution is 2.30. The Hall–Kier alpha value is -2.01. The van der Waals surface area contributed by atoms with Gasteiger partial charge in [0.25, 0.3) is 0 Å². The molecule has 19 heavy (non-hydrogen) atoms. The van der Waals surface area contributed by atoms with Crippen molar-refractivity contribution in [2.75, 3.05) is 14.2 Å². The Balaban J connectivity index is 2.16. The second-order valence-corrected chi connectivity index (χ2v) is 4.45. The molecule has 1 aromatic carbocycles. The Labute approximate surface area is 112 Å². The van der Waals surface area contributed by atoms with Crippen LogP contribution in [0, 0.1) is 0 Å². The van der Waals surface area contributed by atoms with Gasteiger partial charge in [-0.2, -0.15) is 5.10 Å². The van der Waals surface area contributed by atoms with Crippen LogP contribution < -0.4 is 15.2 Å². The van der Waals surface area contributed by atoms with Crippen molar-refractivity contribution in [2.45, 2.75) is 12.5 Å². The molecule has 0 aliphatic heterocycles. The molecule has 0 bridgehead atoms. The fraction of sp³-hybridized carbons (Fsp3) is 0.357. The molecule has 1 aromatic heterocycles. The fourth-order valence-corrected chi connectivity index (χ4v) is 2.03. The van der Waals surface area contributed by atoms with Crippen molar-refractivity contribution >= 4 is 0 Å². The number of hydrogen-bond acceptors (Lipinski definition) is 4. The van der Waals surface area contributed by atoms with Gasteiger partial charge in [0.05, 0.1) is 20.4 Å². The molecule has 0 spiro atoms. The molecular weight excluding hydrogens is 242 g/mol. The van der Waals surface area contributed by atoms with E-state index >= 15 is 0 Å². The number of nitrogens with two attached hydrogens (primary N) is 1. The van der Waals surface area contributed by atoms with E-state index < -0.39 is 0 Å². The molecule has 0 amide bonds. The third-order valence-corrected chi connectivity index (χ3v) is 3.05. The van der Waals surface area contributed by atoms with Crippen LogP contribution >= 0.6 is 0 Å². The normalized spacial score (nSPS) is 12.2. The number of nitrogens with zero attached hydrogens (tertiary/aromatic N) is 2. The van der Waals surface area contributed by atoms with Crippen LogP contribution in [0.2, 0.25) is 0 Å². The standard InChI is InChI=1S/C14H19N3O2/c1-17-9-10(8-16-17)6-12(15)11-4-5-13(18-2)14(7-11)19-3/h4-5,7-9,12H,6,15H2,1-3H3. The van der Waals surface area contributed by atoms with E-state index in [1.54, 1.807) is 18.9 Å². The summed E-state index contributed by atoms with van der Waals surface area (Å²) in [4.78, 5) is 0. The van der Waals surface area contributed by atoms with Crippen LogP contribution in [0.4, 0.5) is 0 Å². The molecule has 0 fully saturated rings. The lowest BCUT2D eigenvalue weighted by Gasteiger charge is -2.14.